The Balaban J connectivity index is 1.84. The maximum atomic E-state index is 13.2. The number of rotatable bonds is 6. The Morgan fingerprint density at radius 2 is 1.33 bits per heavy atom. The lowest BCUT2D eigenvalue weighted by atomic mass is 9.94. The third-order valence-corrected chi connectivity index (χ3v) is 5.82. The fraction of sp³-hybridized carbons (Fsp3) is 0.208. The van der Waals surface area contributed by atoms with Crippen LogP contribution in [0.1, 0.15) is 17.5 Å². The number of hydrogen-bond donors (Lipinski definition) is 1. The molecule has 1 fully saturated rings. The van der Waals surface area contributed by atoms with Crippen LogP contribution in [0.3, 0.4) is 0 Å². The van der Waals surface area contributed by atoms with Crippen molar-refractivity contribution in [2.24, 2.45) is 0 Å². The summed E-state index contributed by atoms with van der Waals surface area (Å²) in [5.74, 6) is -0.913. The molecule has 1 N–H and O–H groups in total. The molecule has 1 heterocycles. The molecule has 0 unspecified atom stereocenters. The molecule has 172 valence electrons. The molecule has 0 saturated carbocycles. The number of hydrogen-bond acceptors (Lipinski definition) is 3. The molecule has 0 aromatic heterocycles. The topological polar surface area (TPSA) is 66.5 Å². The number of benzene rings is 2. The second kappa shape index (κ2) is 11.7. The smallest absolute Gasteiger partial charge is 0.253 e. The molecule has 33 heavy (non-hydrogen) atoms. The SMILES string of the molecule is O=C1/C(=C/c2ccc(Cl)cc2)CN(C(=O)CCNC(=O)C(Cl)Cl)C/C1=C\c1ccc(Cl)cc1. The summed E-state index contributed by atoms with van der Waals surface area (Å²) in [6.45, 7) is 0.393. The molecule has 9 heteroatoms. The molecular formula is C24H20Cl4N2O3. The predicted octanol–water partition coefficient (Wildman–Crippen LogP) is 5.18. The lowest BCUT2D eigenvalue weighted by molar-refractivity contribution is -0.131. The van der Waals surface area contributed by atoms with Crippen molar-refractivity contribution in [1.29, 1.82) is 0 Å². The maximum Gasteiger partial charge on any atom is 0.253 e. The number of ketones is 1. The van der Waals surface area contributed by atoms with E-state index >= 15 is 0 Å². The Hall–Kier alpha value is -2.31. The van der Waals surface area contributed by atoms with Crippen molar-refractivity contribution in [1.82, 2.24) is 10.2 Å². The Bertz CT molecular complexity index is 1030. The van der Waals surface area contributed by atoms with E-state index in [1.807, 2.05) is 0 Å². The molecule has 2 amide bonds. The van der Waals surface area contributed by atoms with E-state index in [9.17, 15) is 14.4 Å². The molecule has 2 aromatic rings. The first-order valence-electron chi connectivity index (χ1n) is 10.0. The molecule has 1 aliphatic rings. The van der Waals surface area contributed by atoms with E-state index in [1.165, 1.54) is 0 Å². The number of Topliss-reactive ketones (excluding diaryl/α,β-unsaturated/α-hetero) is 1. The quantitative estimate of drug-likeness (QED) is 0.417. The van der Waals surface area contributed by atoms with E-state index in [-0.39, 0.29) is 37.7 Å². The molecule has 0 aliphatic carbocycles. The molecular weight excluding hydrogens is 506 g/mol. The minimum absolute atomic E-state index is 0.0445. The van der Waals surface area contributed by atoms with Crippen LogP contribution >= 0.6 is 46.4 Å². The monoisotopic (exact) mass is 524 g/mol. The van der Waals surface area contributed by atoms with Gasteiger partial charge in [-0.25, -0.2) is 0 Å². The van der Waals surface area contributed by atoms with Crippen molar-refractivity contribution in [3.8, 4) is 0 Å². The summed E-state index contributed by atoms with van der Waals surface area (Å²) in [6.07, 6.45) is 3.55. The van der Waals surface area contributed by atoms with Crippen LogP contribution in [-0.4, -0.2) is 47.0 Å². The van der Waals surface area contributed by atoms with Gasteiger partial charge in [-0.1, -0.05) is 70.7 Å². The van der Waals surface area contributed by atoms with E-state index in [2.05, 4.69) is 5.32 Å². The highest BCUT2D eigenvalue weighted by molar-refractivity contribution is 6.53. The molecule has 0 bridgehead atoms. The molecule has 2 aromatic carbocycles. The molecule has 1 aliphatic heterocycles. The van der Waals surface area contributed by atoms with Gasteiger partial charge in [-0.3, -0.25) is 14.4 Å². The average Bonchev–Trinajstić information content (AvgIpc) is 2.79. The largest absolute Gasteiger partial charge is 0.353 e. The first kappa shape index (κ1) is 25.3. The van der Waals surface area contributed by atoms with E-state index < -0.39 is 10.7 Å². The molecule has 1 saturated heterocycles. The van der Waals surface area contributed by atoms with Crippen molar-refractivity contribution >= 4 is 76.2 Å². The Kier molecular flexibility index (Phi) is 8.98. The zero-order valence-corrected chi connectivity index (χ0v) is 20.4. The minimum atomic E-state index is -1.20. The summed E-state index contributed by atoms with van der Waals surface area (Å²) in [6, 6.07) is 14.1. The summed E-state index contributed by atoms with van der Waals surface area (Å²) in [5.41, 5.74) is 2.54. The molecule has 5 nitrogen and oxygen atoms in total. The zero-order chi connectivity index (χ0) is 24.0. The summed E-state index contributed by atoms with van der Waals surface area (Å²) in [4.78, 5) is 38.0. The lowest BCUT2D eigenvalue weighted by Gasteiger charge is -2.30. The van der Waals surface area contributed by atoms with Gasteiger partial charge in [0.05, 0.1) is 0 Å². The zero-order valence-electron chi connectivity index (χ0n) is 17.4. The van der Waals surface area contributed by atoms with Crippen molar-refractivity contribution < 1.29 is 14.4 Å². The number of nitrogens with zero attached hydrogens (tertiary/aromatic N) is 1. The number of carbonyl (C=O) groups is 3. The second-order valence-electron chi connectivity index (χ2n) is 7.36. The number of likely N-dealkylation sites (tertiary alicyclic amines) is 1. The van der Waals surface area contributed by atoms with Crippen LogP contribution in [0, 0.1) is 0 Å². The van der Waals surface area contributed by atoms with Gasteiger partial charge in [0.2, 0.25) is 5.91 Å². The highest BCUT2D eigenvalue weighted by Gasteiger charge is 2.29. The number of piperidine rings is 1. The summed E-state index contributed by atoms with van der Waals surface area (Å²) < 4.78 is 0. The van der Waals surface area contributed by atoms with Gasteiger partial charge in [0.25, 0.3) is 5.91 Å². The van der Waals surface area contributed by atoms with Gasteiger partial charge in [0.1, 0.15) is 0 Å². The van der Waals surface area contributed by atoms with E-state index in [1.54, 1.807) is 65.6 Å². The number of alkyl halides is 2. The standard InChI is InChI=1S/C24H20Cl4N2O3/c25-19-5-1-15(2-6-19)11-17-13-30(21(31)9-10-29-24(33)23(27)28)14-18(22(17)32)12-16-3-7-20(26)8-4-16/h1-8,11-12,23H,9-10,13-14H2,(H,29,33)/b17-11+,18-12+. The van der Waals surface area contributed by atoms with E-state index in [0.29, 0.717) is 21.2 Å². The summed E-state index contributed by atoms with van der Waals surface area (Å²) in [7, 11) is 0. The van der Waals surface area contributed by atoms with E-state index in [4.69, 9.17) is 46.4 Å². The Labute approximate surface area is 211 Å². The van der Waals surface area contributed by atoms with Crippen LogP contribution < -0.4 is 5.32 Å². The average molecular weight is 526 g/mol. The summed E-state index contributed by atoms with van der Waals surface area (Å²) >= 11 is 22.9. The van der Waals surface area contributed by atoms with Crippen LogP contribution in [0.2, 0.25) is 10.0 Å². The van der Waals surface area contributed by atoms with Gasteiger partial charge in [-0.05, 0) is 47.5 Å². The molecule has 0 atom stereocenters. The van der Waals surface area contributed by atoms with E-state index in [0.717, 1.165) is 11.1 Å². The van der Waals surface area contributed by atoms with Crippen molar-refractivity contribution in [3.05, 3.63) is 80.8 Å². The van der Waals surface area contributed by atoms with Crippen LogP contribution in [0.5, 0.6) is 0 Å². The number of carbonyl (C=O) groups excluding carboxylic acids is 3. The number of nitrogens with one attached hydrogen (secondary N) is 1. The van der Waals surface area contributed by atoms with Gasteiger partial charge in [0, 0.05) is 47.2 Å². The van der Waals surface area contributed by atoms with Gasteiger partial charge in [0.15, 0.2) is 10.6 Å². The minimum Gasteiger partial charge on any atom is -0.353 e. The molecule has 0 radical (unpaired) electrons. The highest BCUT2D eigenvalue weighted by atomic mass is 35.5. The van der Waals surface area contributed by atoms with Gasteiger partial charge >= 0.3 is 0 Å². The third kappa shape index (κ3) is 7.34. The lowest BCUT2D eigenvalue weighted by Crippen LogP contribution is -2.43. The normalized spacial score (nSPS) is 16.5. The number of amides is 2. The maximum absolute atomic E-state index is 13.2. The first-order chi connectivity index (χ1) is 15.7. The molecule has 0 spiro atoms. The molecule has 3 rings (SSSR count). The van der Waals surface area contributed by atoms with Gasteiger partial charge in [-0.15, -0.1) is 0 Å². The van der Waals surface area contributed by atoms with Crippen LogP contribution in [0.25, 0.3) is 12.2 Å². The highest BCUT2D eigenvalue weighted by Crippen LogP contribution is 2.24. The van der Waals surface area contributed by atoms with Crippen LogP contribution in [0.15, 0.2) is 59.7 Å². The van der Waals surface area contributed by atoms with Crippen molar-refractivity contribution in [2.75, 3.05) is 19.6 Å². The Morgan fingerprint density at radius 1 is 0.879 bits per heavy atom. The number of halogens is 4. The fourth-order valence-electron chi connectivity index (χ4n) is 3.26. The van der Waals surface area contributed by atoms with Crippen LogP contribution in [-0.2, 0) is 14.4 Å². The Morgan fingerprint density at radius 3 is 1.76 bits per heavy atom. The first-order valence-corrected chi connectivity index (χ1v) is 11.7. The second-order valence-corrected chi connectivity index (χ2v) is 9.33. The third-order valence-electron chi connectivity index (χ3n) is 4.92. The van der Waals surface area contributed by atoms with Crippen molar-refractivity contribution in [3.63, 3.8) is 0 Å². The predicted molar refractivity (Wildman–Crippen MR) is 134 cm³/mol. The van der Waals surface area contributed by atoms with Gasteiger partial charge < -0.3 is 10.2 Å². The summed E-state index contributed by atoms with van der Waals surface area (Å²) in [5, 5.41) is 3.68. The van der Waals surface area contributed by atoms with Crippen LogP contribution in [0.4, 0.5) is 0 Å². The van der Waals surface area contributed by atoms with Crippen molar-refractivity contribution in [2.45, 2.75) is 11.3 Å². The van der Waals surface area contributed by atoms with Gasteiger partial charge in [-0.2, -0.15) is 0 Å². The fourth-order valence-corrected chi connectivity index (χ4v) is 3.67.